The molecule has 2 rings (SSSR count). The Bertz CT molecular complexity index is 849. The lowest BCUT2D eigenvalue weighted by Gasteiger charge is -2.10. The Morgan fingerprint density at radius 1 is 1.19 bits per heavy atom. The molecule has 2 amide bonds. The molecule has 0 bridgehead atoms. The average Bonchev–Trinajstić information content (AvgIpc) is 2.60. The molecule has 0 aliphatic heterocycles. The highest BCUT2D eigenvalue weighted by molar-refractivity contribution is 6.02. The molecule has 0 saturated heterocycles. The molecule has 0 atom stereocenters. The standard InChI is InChI=1S/C19H19FN2O4/c1-12-9-14(20)5-6-15(12)22-19(24)8-4-13-3-7-16(17(10-13)25-2)26-11-18(21)23/h3-10H,11H2,1-2H3,(H2,21,23)(H,22,24)/b8-4+. The summed E-state index contributed by atoms with van der Waals surface area (Å²) in [6, 6.07) is 9.10. The second-order valence-electron chi connectivity index (χ2n) is 5.45. The molecule has 2 aromatic rings. The molecule has 0 radical (unpaired) electrons. The van der Waals surface area contributed by atoms with Gasteiger partial charge in [0, 0.05) is 11.8 Å². The highest BCUT2D eigenvalue weighted by atomic mass is 19.1. The van der Waals surface area contributed by atoms with Crippen LogP contribution in [0.25, 0.3) is 6.08 Å². The molecule has 0 fully saturated rings. The van der Waals surface area contributed by atoms with Crippen LogP contribution < -0.4 is 20.5 Å². The average molecular weight is 358 g/mol. The normalized spacial score (nSPS) is 10.6. The molecule has 26 heavy (non-hydrogen) atoms. The molecular weight excluding hydrogens is 339 g/mol. The van der Waals surface area contributed by atoms with E-state index in [-0.39, 0.29) is 18.3 Å². The van der Waals surface area contributed by atoms with Gasteiger partial charge in [0.2, 0.25) is 5.91 Å². The molecule has 0 aliphatic rings. The third-order valence-electron chi connectivity index (χ3n) is 3.43. The molecule has 0 unspecified atom stereocenters. The van der Waals surface area contributed by atoms with Gasteiger partial charge in [-0.2, -0.15) is 0 Å². The van der Waals surface area contributed by atoms with E-state index < -0.39 is 5.91 Å². The van der Waals surface area contributed by atoms with Crippen molar-refractivity contribution in [2.24, 2.45) is 5.73 Å². The van der Waals surface area contributed by atoms with Crippen LogP contribution in [0.3, 0.4) is 0 Å². The number of aryl methyl sites for hydroxylation is 1. The number of rotatable bonds is 7. The van der Waals surface area contributed by atoms with Gasteiger partial charge in [0.25, 0.3) is 5.91 Å². The Hall–Kier alpha value is -3.35. The summed E-state index contributed by atoms with van der Waals surface area (Å²) < 4.78 is 23.5. The number of carbonyl (C=O) groups is 2. The molecule has 2 aromatic carbocycles. The van der Waals surface area contributed by atoms with Gasteiger partial charge in [0.1, 0.15) is 5.82 Å². The fourth-order valence-corrected chi connectivity index (χ4v) is 2.17. The predicted molar refractivity (Wildman–Crippen MR) is 96.5 cm³/mol. The zero-order valence-corrected chi connectivity index (χ0v) is 14.4. The smallest absolute Gasteiger partial charge is 0.255 e. The number of ether oxygens (including phenoxy) is 2. The number of carbonyl (C=O) groups excluding carboxylic acids is 2. The van der Waals surface area contributed by atoms with Crippen LogP contribution in [0, 0.1) is 12.7 Å². The molecule has 0 aromatic heterocycles. The number of nitrogens with two attached hydrogens (primary N) is 1. The predicted octanol–water partition coefficient (Wildman–Crippen LogP) is 2.66. The number of methoxy groups -OCH3 is 1. The summed E-state index contributed by atoms with van der Waals surface area (Å²) in [6.45, 7) is 1.45. The van der Waals surface area contributed by atoms with Crippen LogP contribution in [0.1, 0.15) is 11.1 Å². The molecule has 7 heteroatoms. The van der Waals surface area contributed by atoms with Crippen molar-refractivity contribution in [2.45, 2.75) is 6.92 Å². The number of primary amides is 1. The zero-order valence-electron chi connectivity index (χ0n) is 14.4. The van der Waals surface area contributed by atoms with Crippen LogP contribution in [0.5, 0.6) is 11.5 Å². The van der Waals surface area contributed by atoms with Crippen LogP contribution in [-0.4, -0.2) is 25.5 Å². The van der Waals surface area contributed by atoms with Crippen LogP contribution >= 0.6 is 0 Å². The molecule has 3 N–H and O–H groups in total. The maximum atomic E-state index is 13.1. The van der Waals surface area contributed by atoms with Gasteiger partial charge in [0.05, 0.1) is 7.11 Å². The Morgan fingerprint density at radius 2 is 1.96 bits per heavy atom. The van der Waals surface area contributed by atoms with Crippen molar-refractivity contribution in [1.29, 1.82) is 0 Å². The molecule has 0 spiro atoms. The van der Waals surface area contributed by atoms with E-state index in [1.165, 1.54) is 31.4 Å². The summed E-state index contributed by atoms with van der Waals surface area (Å²) in [5.74, 6) is -0.531. The Balaban J connectivity index is 2.06. The van der Waals surface area contributed by atoms with Gasteiger partial charge in [-0.3, -0.25) is 9.59 Å². The van der Waals surface area contributed by atoms with Gasteiger partial charge in [-0.25, -0.2) is 4.39 Å². The van der Waals surface area contributed by atoms with Gasteiger partial charge < -0.3 is 20.5 Å². The van der Waals surface area contributed by atoms with Crippen molar-refractivity contribution < 1.29 is 23.5 Å². The summed E-state index contributed by atoms with van der Waals surface area (Å²) in [5.41, 5.74) is 6.90. The van der Waals surface area contributed by atoms with Crippen LogP contribution in [-0.2, 0) is 9.59 Å². The summed E-state index contributed by atoms with van der Waals surface area (Å²) >= 11 is 0. The lowest BCUT2D eigenvalue weighted by atomic mass is 10.1. The first kappa shape index (κ1) is 19.0. The van der Waals surface area contributed by atoms with Crippen LogP contribution in [0.4, 0.5) is 10.1 Å². The quantitative estimate of drug-likeness (QED) is 0.745. The minimum atomic E-state index is -0.594. The maximum Gasteiger partial charge on any atom is 0.255 e. The van der Waals surface area contributed by atoms with Crippen molar-refractivity contribution in [3.8, 4) is 11.5 Å². The van der Waals surface area contributed by atoms with E-state index in [9.17, 15) is 14.0 Å². The fraction of sp³-hybridized carbons (Fsp3) is 0.158. The summed E-state index contributed by atoms with van der Waals surface area (Å²) in [7, 11) is 1.46. The van der Waals surface area contributed by atoms with Crippen molar-refractivity contribution in [2.75, 3.05) is 19.0 Å². The van der Waals surface area contributed by atoms with Gasteiger partial charge in [-0.15, -0.1) is 0 Å². The second kappa shape index (κ2) is 8.66. The van der Waals surface area contributed by atoms with Gasteiger partial charge in [-0.1, -0.05) is 6.07 Å². The molecule has 0 heterocycles. The van der Waals surface area contributed by atoms with E-state index in [4.69, 9.17) is 15.2 Å². The van der Waals surface area contributed by atoms with E-state index in [1.54, 1.807) is 31.2 Å². The van der Waals surface area contributed by atoms with Crippen LogP contribution in [0.2, 0.25) is 0 Å². The molecular formula is C19H19FN2O4. The number of anilines is 1. The summed E-state index contributed by atoms with van der Waals surface area (Å²) in [4.78, 5) is 22.8. The highest BCUT2D eigenvalue weighted by Gasteiger charge is 2.07. The number of benzene rings is 2. The second-order valence-corrected chi connectivity index (χ2v) is 5.45. The number of nitrogens with one attached hydrogen (secondary N) is 1. The first-order valence-electron chi connectivity index (χ1n) is 7.73. The van der Waals surface area contributed by atoms with E-state index in [0.717, 1.165) is 0 Å². The minimum absolute atomic E-state index is 0.259. The third-order valence-corrected chi connectivity index (χ3v) is 3.43. The summed E-state index contributed by atoms with van der Waals surface area (Å²) in [6.07, 6.45) is 2.94. The van der Waals surface area contributed by atoms with E-state index >= 15 is 0 Å². The van der Waals surface area contributed by atoms with Crippen LogP contribution in [0.15, 0.2) is 42.5 Å². The van der Waals surface area contributed by atoms with Crippen molar-refractivity contribution >= 4 is 23.6 Å². The Kier molecular flexibility index (Phi) is 6.32. The molecule has 6 nitrogen and oxygen atoms in total. The SMILES string of the molecule is COc1cc(/C=C/C(=O)Nc2ccc(F)cc2C)ccc1OCC(N)=O. The maximum absolute atomic E-state index is 13.1. The number of hydrogen-bond donors (Lipinski definition) is 2. The van der Waals surface area contributed by atoms with Gasteiger partial charge >= 0.3 is 0 Å². The minimum Gasteiger partial charge on any atom is -0.493 e. The third kappa shape index (κ3) is 5.34. The highest BCUT2D eigenvalue weighted by Crippen LogP contribution is 2.28. The van der Waals surface area contributed by atoms with Gasteiger partial charge in [-0.05, 0) is 54.5 Å². The van der Waals surface area contributed by atoms with Crippen molar-refractivity contribution in [1.82, 2.24) is 0 Å². The Labute approximate surface area is 150 Å². The lowest BCUT2D eigenvalue weighted by molar-refractivity contribution is -0.120. The van der Waals surface area contributed by atoms with E-state index in [2.05, 4.69) is 5.32 Å². The van der Waals surface area contributed by atoms with Gasteiger partial charge in [0.15, 0.2) is 18.1 Å². The Morgan fingerprint density at radius 3 is 2.62 bits per heavy atom. The number of halogens is 1. The monoisotopic (exact) mass is 358 g/mol. The number of hydrogen-bond acceptors (Lipinski definition) is 4. The molecule has 0 saturated carbocycles. The largest absolute Gasteiger partial charge is 0.493 e. The zero-order chi connectivity index (χ0) is 19.1. The van der Waals surface area contributed by atoms with Crippen molar-refractivity contribution in [3.63, 3.8) is 0 Å². The molecule has 0 aliphatic carbocycles. The fourth-order valence-electron chi connectivity index (χ4n) is 2.17. The number of amides is 2. The van der Waals surface area contributed by atoms with Crippen molar-refractivity contribution in [3.05, 3.63) is 59.4 Å². The van der Waals surface area contributed by atoms with E-state index in [0.29, 0.717) is 28.3 Å². The first-order valence-corrected chi connectivity index (χ1v) is 7.73. The topological polar surface area (TPSA) is 90.7 Å². The van der Waals surface area contributed by atoms with E-state index in [1.807, 2.05) is 0 Å². The summed E-state index contributed by atoms with van der Waals surface area (Å²) in [5, 5.41) is 2.68. The molecule has 136 valence electrons. The lowest BCUT2D eigenvalue weighted by Crippen LogP contribution is -2.20. The first-order chi connectivity index (χ1) is 12.4.